The van der Waals surface area contributed by atoms with E-state index in [1.165, 1.54) is 22.5 Å². The van der Waals surface area contributed by atoms with Gasteiger partial charge < -0.3 is 10.4 Å². The zero-order valence-corrected chi connectivity index (χ0v) is 17.9. The number of amides is 1. The predicted octanol–water partition coefficient (Wildman–Crippen LogP) is 2.76. The number of nitrogens with zero attached hydrogens (tertiary/aromatic N) is 1. The van der Waals surface area contributed by atoms with Gasteiger partial charge in [-0.3, -0.25) is 9.59 Å². The van der Waals surface area contributed by atoms with Gasteiger partial charge in [0.15, 0.2) is 0 Å². The third-order valence-corrected chi connectivity index (χ3v) is 8.78. The van der Waals surface area contributed by atoms with Gasteiger partial charge >= 0.3 is 5.97 Å². The number of sulfonamides is 1. The highest BCUT2D eigenvalue weighted by molar-refractivity contribution is 7.89. The van der Waals surface area contributed by atoms with Gasteiger partial charge in [0.2, 0.25) is 15.9 Å². The molecule has 1 saturated heterocycles. The zero-order chi connectivity index (χ0) is 20.9. The number of carboxylic acids is 1. The Morgan fingerprint density at radius 1 is 1.07 bits per heavy atom. The molecule has 0 spiro atoms. The van der Waals surface area contributed by atoms with E-state index in [2.05, 4.69) is 5.32 Å². The Kier molecular flexibility index (Phi) is 5.57. The van der Waals surface area contributed by atoms with Crippen molar-refractivity contribution in [2.45, 2.75) is 49.1 Å². The van der Waals surface area contributed by atoms with Crippen molar-refractivity contribution in [3.8, 4) is 0 Å². The third-order valence-electron chi connectivity index (χ3n) is 6.46. The van der Waals surface area contributed by atoms with E-state index in [1.54, 1.807) is 0 Å². The normalized spacial score (nSPS) is 31.9. The molecule has 5 atom stereocenters. The monoisotopic (exact) mass is 460 g/mol. The molecule has 0 aromatic heterocycles. The summed E-state index contributed by atoms with van der Waals surface area (Å²) >= 11 is 11.9. The number of halogens is 2. The van der Waals surface area contributed by atoms with Crippen LogP contribution in [-0.2, 0) is 19.6 Å². The van der Waals surface area contributed by atoms with Gasteiger partial charge in [0.05, 0.1) is 10.8 Å². The molecule has 7 nitrogen and oxygen atoms in total. The first-order valence-corrected chi connectivity index (χ1v) is 11.9. The first-order valence-electron chi connectivity index (χ1n) is 9.69. The predicted molar refractivity (Wildman–Crippen MR) is 107 cm³/mol. The van der Waals surface area contributed by atoms with Crippen LogP contribution < -0.4 is 5.32 Å². The highest BCUT2D eigenvalue weighted by Crippen LogP contribution is 2.48. The quantitative estimate of drug-likeness (QED) is 0.702. The second kappa shape index (κ2) is 7.72. The molecule has 1 aromatic carbocycles. The summed E-state index contributed by atoms with van der Waals surface area (Å²) in [7, 11) is -3.96. The molecule has 1 aliphatic heterocycles. The van der Waals surface area contributed by atoms with Crippen LogP contribution in [0.1, 0.15) is 32.1 Å². The molecular formula is C19H22Cl2N2O5S. The molecular weight excluding hydrogens is 439 g/mol. The van der Waals surface area contributed by atoms with Gasteiger partial charge in [-0.15, -0.1) is 0 Å². The van der Waals surface area contributed by atoms with Crippen molar-refractivity contribution in [3.63, 3.8) is 0 Å². The van der Waals surface area contributed by atoms with E-state index in [0.717, 1.165) is 19.3 Å². The molecule has 1 heterocycles. The van der Waals surface area contributed by atoms with Crippen molar-refractivity contribution in [2.24, 2.45) is 17.8 Å². The summed E-state index contributed by atoms with van der Waals surface area (Å²) in [5, 5.41) is 12.9. The summed E-state index contributed by atoms with van der Waals surface area (Å²) in [6, 6.07) is 2.76. The van der Waals surface area contributed by atoms with E-state index in [-0.39, 0.29) is 33.3 Å². The second-order valence-electron chi connectivity index (χ2n) is 8.11. The van der Waals surface area contributed by atoms with Crippen LogP contribution in [0.5, 0.6) is 0 Å². The molecule has 1 aromatic rings. The smallest absolute Gasteiger partial charge is 0.308 e. The summed E-state index contributed by atoms with van der Waals surface area (Å²) in [6.45, 7) is 0.212. The number of aliphatic carboxylic acids is 1. The molecule has 3 aliphatic rings. The van der Waals surface area contributed by atoms with Crippen LogP contribution in [0.25, 0.3) is 0 Å². The van der Waals surface area contributed by atoms with Crippen LogP contribution >= 0.6 is 23.2 Å². The maximum Gasteiger partial charge on any atom is 0.308 e. The van der Waals surface area contributed by atoms with Crippen LogP contribution in [0.3, 0.4) is 0 Å². The van der Waals surface area contributed by atoms with Gasteiger partial charge in [-0.25, -0.2) is 8.42 Å². The maximum atomic E-state index is 13.1. The highest BCUT2D eigenvalue weighted by Gasteiger charge is 2.52. The molecule has 0 radical (unpaired) electrons. The molecule has 158 valence electrons. The number of benzene rings is 1. The lowest BCUT2D eigenvalue weighted by Crippen LogP contribution is -2.53. The molecule has 2 aliphatic carbocycles. The fourth-order valence-electron chi connectivity index (χ4n) is 5.22. The SMILES string of the molecule is O=C(O)C1C2CCC(C2)[C@@H]1NC(=O)[C@@H]1CCCN1S(=O)(=O)c1cc(Cl)cc(Cl)c1. The largest absolute Gasteiger partial charge is 0.481 e. The van der Waals surface area contributed by atoms with Gasteiger partial charge in [0.25, 0.3) is 0 Å². The van der Waals surface area contributed by atoms with Gasteiger partial charge in [0, 0.05) is 22.6 Å². The van der Waals surface area contributed by atoms with Crippen molar-refractivity contribution < 1.29 is 23.1 Å². The van der Waals surface area contributed by atoms with Gasteiger partial charge in [-0.2, -0.15) is 4.31 Å². The van der Waals surface area contributed by atoms with Gasteiger partial charge in [0.1, 0.15) is 6.04 Å². The molecule has 2 bridgehead atoms. The fraction of sp³-hybridized carbons (Fsp3) is 0.579. The van der Waals surface area contributed by atoms with Crippen molar-refractivity contribution in [3.05, 3.63) is 28.2 Å². The average molecular weight is 461 g/mol. The van der Waals surface area contributed by atoms with Crippen LogP contribution in [0.15, 0.2) is 23.1 Å². The van der Waals surface area contributed by atoms with E-state index in [1.807, 2.05) is 0 Å². The van der Waals surface area contributed by atoms with Crippen LogP contribution in [-0.4, -0.2) is 48.3 Å². The standard InChI is InChI=1S/C19H22Cl2N2O5S/c20-12-7-13(21)9-14(8-12)29(27,28)23-5-1-2-15(23)18(24)22-17-11-4-3-10(6-11)16(17)19(25)26/h7-11,15-17H,1-6H2,(H,22,24)(H,25,26)/t10?,11?,15-,16?,17-/m0/s1. The lowest BCUT2D eigenvalue weighted by Gasteiger charge is -2.31. The lowest BCUT2D eigenvalue weighted by molar-refractivity contribution is -0.144. The highest BCUT2D eigenvalue weighted by atomic mass is 35.5. The number of carboxylic acid groups (broad SMARTS) is 1. The van der Waals surface area contributed by atoms with Crippen LogP contribution in [0, 0.1) is 17.8 Å². The van der Waals surface area contributed by atoms with Gasteiger partial charge in [-0.1, -0.05) is 23.2 Å². The maximum absolute atomic E-state index is 13.1. The van der Waals surface area contributed by atoms with Crippen molar-refractivity contribution in [1.82, 2.24) is 9.62 Å². The first-order chi connectivity index (χ1) is 13.7. The third kappa shape index (κ3) is 3.76. The summed E-state index contributed by atoms with van der Waals surface area (Å²) in [4.78, 5) is 24.6. The average Bonchev–Trinajstić information content (AvgIpc) is 3.36. The second-order valence-corrected chi connectivity index (χ2v) is 10.9. The summed E-state index contributed by atoms with van der Waals surface area (Å²) in [5.74, 6) is -1.70. The Morgan fingerprint density at radius 2 is 1.72 bits per heavy atom. The molecule has 29 heavy (non-hydrogen) atoms. The molecule has 3 unspecified atom stereocenters. The van der Waals surface area contributed by atoms with E-state index < -0.39 is 39.9 Å². The van der Waals surface area contributed by atoms with Crippen molar-refractivity contribution >= 4 is 45.1 Å². The Morgan fingerprint density at radius 3 is 2.38 bits per heavy atom. The lowest BCUT2D eigenvalue weighted by atomic mass is 9.84. The molecule has 2 N–H and O–H groups in total. The molecule has 10 heteroatoms. The minimum absolute atomic E-state index is 0.0574. The van der Waals surface area contributed by atoms with Crippen LogP contribution in [0.4, 0.5) is 0 Å². The molecule has 3 fully saturated rings. The Hall–Kier alpha value is -1.35. The molecule has 4 rings (SSSR count). The minimum atomic E-state index is -3.96. The molecule has 2 saturated carbocycles. The van der Waals surface area contributed by atoms with E-state index in [9.17, 15) is 23.1 Å². The number of fused-ring (bicyclic) bond motifs is 2. The van der Waals surface area contributed by atoms with E-state index in [0.29, 0.717) is 12.8 Å². The minimum Gasteiger partial charge on any atom is -0.481 e. The Balaban J connectivity index is 1.55. The summed E-state index contributed by atoms with van der Waals surface area (Å²) < 4.78 is 27.4. The first kappa shape index (κ1) is 20.9. The van der Waals surface area contributed by atoms with Crippen molar-refractivity contribution in [1.29, 1.82) is 0 Å². The number of carbonyl (C=O) groups excluding carboxylic acids is 1. The van der Waals surface area contributed by atoms with E-state index >= 15 is 0 Å². The number of hydrogen-bond donors (Lipinski definition) is 2. The Labute approximate surface area is 179 Å². The topological polar surface area (TPSA) is 104 Å². The number of nitrogens with one attached hydrogen (secondary N) is 1. The summed E-state index contributed by atoms with van der Waals surface area (Å²) in [5.41, 5.74) is 0. The fourth-order valence-corrected chi connectivity index (χ4v) is 7.60. The van der Waals surface area contributed by atoms with Gasteiger partial charge in [-0.05, 0) is 62.1 Å². The van der Waals surface area contributed by atoms with E-state index in [4.69, 9.17) is 23.2 Å². The number of hydrogen-bond acceptors (Lipinski definition) is 4. The number of carbonyl (C=O) groups is 2. The van der Waals surface area contributed by atoms with Crippen molar-refractivity contribution in [2.75, 3.05) is 6.54 Å². The molecule has 1 amide bonds. The number of rotatable bonds is 5. The summed E-state index contributed by atoms with van der Waals surface area (Å²) in [6.07, 6.45) is 3.50. The Bertz CT molecular complexity index is 934. The van der Waals surface area contributed by atoms with Crippen LogP contribution in [0.2, 0.25) is 10.0 Å². The zero-order valence-electron chi connectivity index (χ0n) is 15.6.